The fourth-order valence-corrected chi connectivity index (χ4v) is 1.38. The first-order chi connectivity index (χ1) is 8.91. The van der Waals surface area contributed by atoms with Crippen LogP contribution in [0.25, 0.3) is 0 Å². The number of benzene rings is 1. The summed E-state index contributed by atoms with van der Waals surface area (Å²) < 4.78 is 24.0. The third-order valence-electron chi connectivity index (χ3n) is 2.34. The molecule has 0 aliphatic carbocycles. The predicted molar refractivity (Wildman–Crippen MR) is 61.8 cm³/mol. The Kier molecular flexibility index (Phi) is 5.31. The van der Waals surface area contributed by atoms with Crippen LogP contribution in [0.15, 0.2) is 24.3 Å². The van der Waals surface area contributed by atoms with Gasteiger partial charge in [0.1, 0.15) is 6.10 Å². The second kappa shape index (κ2) is 6.74. The molecule has 0 aliphatic heterocycles. The molecule has 1 rings (SSSR count). The molecule has 0 bridgehead atoms. The molecule has 0 radical (unpaired) electrons. The Labute approximate surface area is 107 Å². The van der Waals surface area contributed by atoms with Crippen molar-refractivity contribution in [3.05, 3.63) is 39.9 Å². The van der Waals surface area contributed by atoms with Crippen molar-refractivity contribution in [2.45, 2.75) is 19.0 Å². The van der Waals surface area contributed by atoms with Crippen molar-refractivity contribution in [1.82, 2.24) is 5.32 Å². The van der Waals surface area contributed by atoms with Crippen LogP contribution >= 0.6 is 0 Å². The van der Waals surface area contributed by atoms with Crippen LogP contribution in [0.2, 0.25) is 0 Å². The lowest BCUT2D eigenvalue weighted by atomic mass is 10.1. The Morgan fingerprint density at radius 3 is 2.63 bits per heavy atom. The maximum absolute atomic E-state index is 12.0. The third kappa shape index (κ3) is 4.59. The number of nitrogens with one attached hydrogen (secondary N) is 1. The molecule has 1 aromatic carbocycles. The van der Waals surface area contributed by atoms with E-state index in [9.17, 15) is 23.7 Å². The number of nitro benzene ring substituents is 1. The minimum atomic E-state index is -2.95. The first-order valence-corrected chi connectivity index (χ1v) is 5.37. The van der Waals surface area contributed by atoms with Crippen molar-refractivity contribution in [1.29, 1.82) is 0 Å². The van der Waals surface area contributed by atoms with E-state index in [4.69, 9.17) is 5.11 Å². The van der Waals surface area contributed by atoms with Crippen LogP contribution in [0.1, 0.15) is 5.56 Å². The van der Waals surface area contributed by atoms with Crippen molar-refractivity contribution >= 4 is 11.6 Å². The first kappa shape index (κ1) is 15.0. The Balaban J connectivity index is 2.60. The Hall–Kier alpha value is -2.09. The van der Waals surface area contributed by atoms with Crippen molar-refractivity contribution in [2.24, 2.45) is 0 Å². The van der Waals surface area contributed by atoms with Gasteiger partial charge in [-0.1, -0.05) is 18.2 Å². The summed E-state index contributed by atoms with van der Waals surface area (Å²) in [4.78, 5) is 21.5. The highest BCUT2D eigenvalue weighted by Crippen LogP contribution is 2.17. The summed E-state index contributed by atoms with van der Waals surface area (Å²) in [7, 11) is 0. The van der Waals surface area contributed by atoms with Gasteiger partial charge in [-0.05, 0) is 0 Å². The van der Waals surface area contributed by atoms with Crippen LogP contribution < -0.4 is 5.32 Å². The lowest BCUT2D eigenvalue weighted by Gasteiger charge is -2.10. The van der Waals surface area contributed by atoms with Gasteiger partial charge in [-0.25, -0.2) is 8.78 Å². The van der Waals surface area contributed by atoms with Gasteiger partial charge in [-0.3, -0.25) is 14.9 Å². The second-order valence-corrected chi connectivity index (χ2v) is 3.77. The third-order valence-corrected chi connectivity index (χ3v) is 2.34. The zero-order chi connectivity index (χ0) is 14.4. The summed E-state index contributed by atoms with van der Waals surface area (Å²) in [6.45, 7) is -0.600. The highest BCUT2D eigenvalue weighted by atomic mass is 19.3. The number of aliphatic hydroxyl groups is 1. The molecule has 0 fully saturated rings. The van der Waals surface area contributed by atoms with E-state index in [1.807, 2.05) is 0 Å². The Morgan fingerprint density at radius 1 is 1.42 bits per heavy atom. The van der Waals surface area contributed by atoms with Gasteiger partial charge < -0.3 is 10.4 Å². The van der Waals surface area contributed by atoms with E-state index in [2.05, 4.69) is 5.32 Å². The minimum absolute atomic E-state index is 0.177. The van der Waals surface area contributed by atoms with E-state index in [1.165, 1.54) is 24.3 Å². The number of para-hydroxylation sites is 1. The Bertz CT molecular complexity index is 468. The molecule has 6 nitrogen and oxygen atoms in total. The molecule has 19 heavy (non-hydrogen) atoms. The van der Waals surface area contributed by atoms with Crippen LogP contribution in [0, 0.1) is 10.1 Å². The average molecular weight is 274 g/mol. The van der Waals surface area contributed by atoms with E-state index in [-0.39, 0.29) is 17.7 Å². The molecule has 0 saturated carbocycles. The van der Waals surface area contributed by atoms with Crippen LogP contribution in [-0.4, -0.2) is 35.0 Å². The number of carbonyl (C=O) groups is 1. The van der Waals surface area contributed by atoms with Gasteiger partial charge in [0.2, 0.25) is 5.91 Å². The first-order valence-electron chi connectivity index (χ1n) is 5.37. The van der Waals surface area contributed by atoms with Crippen LogP contribution in [0.3, 0.4) is 0 Å². The zero-order valence-electron chi connectivity index (χ0n) is 9.75. The number of carbonyl (C=O) groups excluding carboxylic acids is 1. The predicted octanol–water partition coefficient (Wildman–Crippen LogP) is 0.879. The number of aliphatic hydroxyl groups excluding tert-OH is 1. The van der Waals surface area contributed by atoms with E-state index < -0.39 is 29.9 Å². The molecule has 0 aliphatic rings. The summed E-state index contributed by atoms with van der Waals surface area (Å²) in [5.74, 6) is -0.672. The van der Waals surface area contributed by atoms with Gasteiger partial charge in [-0.15, -0.1) is 0 Å². The molecule has 1 atom stereocenters. The SMILES string of the molecule is O=C(Cc1ccccc1[N+](=O)[O-])NCC(O)C(F)F. The van der Waals surface area contributed by atoms with Gasteiger partial charge in [0, 0.05) is 18.2 Å². The van der Waals surface area contributed by atoms with Crippen LogP contribution in [0.5, 0.6) is 0 Å². The molecule has 1 amide bonds. The molecular formula is C11H12F2N2O4. The highest BCUT2D eigenvalue weighted by molar-refractivity contribution is 5.79. The van der Waals surface area contributed by atoms with Crippen LogP contribution in [0.4, 0.5) is 14.5 Å². The number of halogens is 2. The molecular weight excluding hydrogens is 262 g/mol. The molecule has 0 saturated heterocycles. The van der Waals surface area contributed by atoms with E-state index >= 15 is 0 Å². The van der Waals surface area contributed by atoms with Crippen molar-refractivity contribution in [3.8, 4) is 0 Å². The molecule has 8 heteroatoms. The fraction of sp³-hybridized carbons (Fsp3) is 0.364. The normalized spacial score (nSPS) is 12.2. The van der Waals surface area contributed by atoms with Gasteiger partial charge in [-0.2, -0.15) is 0 Å². The smallest absolute Gasteiger partial charge is 0.273 e. The molecule has 1 unspecified atom stereocenters. The lowest BCUT2D eigenvalue weighted by molar-refractivity contribution is -0.385. The summed E-state index contributed by atoms with van der Waals surface area (Å²) >= 11 is 0. The van der Waals surface area contributed by atoms with Crippen molar-refractivity contribution in [3.63, 3.8) is 0 Å². The molecule has 0 aromatic heterocycles. The topological polar surface area (TPSA) is 92.5 Å². The minimum Gasteiger partial charge on any atom is -0.385 e. The number of hydrogen-bond acceptors (Lipinski definition) is 4. The summed E-state index contributed by atoms with van der Waals surface area (Å²) in [5, 5.41) is 21.6. The monoisotopic (exact) mass is 274 g/mol. The number of amides is 1. The zero-order valence-corrected chi connectivity index (χ0v) is 9.75. The quantitative estimate of drug-likeness (QED) is 0.595. The maximum Gasteiger partial charge on any atom is 0.273 e. The molecule has 0 heterocycles. The summed E-state index contributed by atoms with van der Waals surface area (Å²) in [6.07, 6.45) is -5.21. The maximum atomic E-state index is 12.0. The van der Waals surface area contributed by atoms with Gasteiger partial charge in [0.05, 0.1) is 11.3 Å². The van der Waals surface area contributed by atoms with E-state index in [1.54, 1.807) is 0 Å². The second-order valence-electron chi connectivity index (χ2n) is 3.77. The summed E-state index contributed by atoms with van der Waals surface area (Å²) in [5.41, 5.74) is -0.0383. The highest BCUT2D eigenvalue weighted by Gasteiger charge is 2.19. The number of nitro groups is 1. The average Bonchev–Trinajstić information content (AvgIpc) is 2.36. The van der Waals surface area contributed by atoms with Crippen molar-refractivity contribution in [2.75, 3.05) is 6.54 Å². The number of rotatable bonds is 6. The number of alkyl halides is 2. The number of hydrogen-bond donors (Lipinski definition) is 2. The Morgan fingerprint density at radius 2 is 2.05 bits per heavy atom. The molecule has 2 N–H and O–H groups in total. The van der Waals surface area contributed by atoms with E-state index in [0.29, 0.717) is 0 Å². The van der Waals surface area contributed by atoms with Crippen molar-refractivity contribution < 1.29 is 23.6 Å². The number of nitrogens with zero attached hydrogens (tertiary/aromatic N) is 1. The largest absolute Gasteiger partial charge is 0.385 e. The van der Waals surface area contributed by atoms with Gasteiger partial charge in [0.25, 0.3) is 12.1 Å². The standard InChI is InChI=1S/C11H12F2N2O4/c12-11(13)9(16)6-14-10(17)5-7-3-1-2-4-8(7)15(18)19/h1-4,9,11,16H,5-6H2,(H,14,17). The lowest BCUT2D eigenvalue weighted by Crippen LogP contribution is -2.36. The van der Waals surface area contributed by atoms with Gasteiger partial charge in [0.15, 0.2) is 0 Å². The van der Waals surface area contributed by atoms with Gasteiger partial charge >= 0.3 is 0 Å². The fourth-order valence-electron chi connectivity index (χ4n) is 1.38. The molecule has 104 valence electrons. The molecule has 1 aromatic rings. The molecule has 0 spiro atoms. The van der Waals surface area contributed by atoms with E-state index in [0.717, 1.165) is 0 Å². The van der Waals surface area contributed by atoms with Crippen LogP contribution in [-0.2, 0) is 11.2 Å². The summed E-state index contributed by atoms with van der Waals surface area (Å²) in [6, 6.07) is 5.64.